The van der Waals surface area contributed by atoms with Gasteiger partial charge in [0.05, 0.1) is 21.1 Å². The van der Waals surface area contributed by atoms with Gasteiger partial charge in [0.1, 0.15) is 11.6 Å². The molecule has 3 rings (SSSR count). The minimum absolute atomic E-state index is 0.216. The van der Waals surface area contributed by atoms with Crippen LogP contribution in [0.2, 0.25) is 0 Å². The molecule has 0 radical (unpaired) electrons. The highest BCUT2D eigenvalue weighted by Gasteiger charge is 2.15. The van der Waals surface area contributed by atoms with E-state index in [9.17, 15) is 4.39 Å². The van der Waals surface area contributed by atoms with Crippen molar-refractivity contribution in [2.45, 2.75) is 13.0 Å². The summed E-state index contributed by atoms with van der Waals surface area (Å²) in [5.74, 6) is 1.17. The summed E-state index contributed by atoms with van der Waals surface area (Å²) in [5, 5.41) is 2.03. The Morgan fingerprint density at radius 3 is 2.90 bits per heavy atom. The van der Waals surface area contributed by atoms with Gasteiger partial charge in [-0.25, -0.2) is 9.37 Å². The van der Waals surface area contributed by atoms with Crippen molar-refractivity contribution < 1.29 is 4.39 Å². The molecule has 0 aliphatic carbocycles. The molecule has 0 aliphatic rings. The van der Waals surface area contributed by atoms with Crippen molar-refractivity contribution >= 4 is 72.5 Å². The Labute approximate surface area is 152 Å². The molecular formula is C14H10BrClFIN2S. The van der Waals surface area contributed by atoms with E-state index in [1.165, 1.54) is 4.88 Å². The van der Waals surface area contributed by atoms with Gasteiger partial charge in [0.2, 0.25) is 0 Å². The number of aryl methyl sites for hydroxylation is 1. The van der Waals surface area contributed by atoms with E-state index < -0.39 is 0 Å². The number of hydrogen-bond acceptors (Lipinski definition) is 2. The van der Waals surface area contributed by atoms with Crippen LogP contribution in [0.3, 0.4) is 0 Å². The number of aromatic nitrogens is 2. The number of hydrogen-bond donors (Lipinski definition) is 0. The Kier molecular flexibility index (Phi) is 4.87. The Morgan fingerprint density at radius 2 is 2.24 bits per heavy atom. The Balaban J connectivity index is 2.15. The summed E-state index contributed by atoms with van der Waals surface area (Å²) in [4.78, 5) is 5.80. The highest BCUT2D eigenvalue weighted by molar-refractivity contribution is 14.1. The molecular weight excluding hydrogens is 489 g/mol. The molecule has 7 heteroatoms. The molecule has 0 spiro atoms. The maximum absolute atomic E-state index is 13.9. The number of alkyl halides is 1. The van der Waals surface area contributed by atoms with Crippen molar-refractivity contribution in [1.82, 2.24) is 9.55 Å². The molecule has 0 N–H and O–H groups in total. The summed E-state index contributed by atoms with van der Waals surface area (Å²) >= 11 is 13.1. The second-order valence-corrected chi connectivity index (χ2v) is 7.90. The van der Waals surface area contributed by atoms with Gasteiger partial charge in [0.15, 0.2) is 0 Å². The van der Waals surface area contributed by atoms with Crippen molar-refractivity contribution in [3.05, 3.63) is 48.1 Å². The van der Waals surface area contributed by atoms with Gasteiger partial charge in [-0.05, 0) is 56.0 Å². The normalized spacial score (nSPS) is 11.4. The third-order valence-electron chi connectivity index (χ3n) is 3.18. The zero-order chi connectivity index (χ0) is 15.0. The topological polar surface area (TPSA) is 17.8 Å². The van der Waals surface area contributed by atoms with Crippen LogP contribution in [0.4, 0.5) is 4.39 Å². The molecule has 21 heavy (non-hydrogen) atoms. The lowest BCUT2D eigenvalue weighted by molar-refractivity contribution is 0.621. The first kappa shape index (κ1) is 15.7. The average molecular weight is 500 g/mol. The van der Waals surface area contributed by atoms with Crippen LogP contribution in [0.5, 0.6) is 0 Å². The van der Waals surface area contributed by atoms with Gasteiger partial charge in [-0.3, -0.25) is 0 Å². The zero-order valence-electron chi connectivity index (χ0n) is 10.7. The molecule has 2 heterocycles. The van der Waals surface area contributed by atoms with E-state index in [1.807, 2.05) is 38.6 Å². The van der Waals surface area contributed by atoms with Gasteiger partial charge in [-0.1, -0.05) is 0 Å². The van der Waals surface area contributed by atoms with E-state index >= 15 is 0 Å². The van der Waals surface area contributed by atoms with Gasteiger partial charge in [-0.2, -0.15) is 0 Å². The molecule has 0 saturated heterocycles. The molecule has 0 atom stereocenters. The number of fused-ring (bicyclic) bond motifs is 1. The molecule has 0 amide bonds. The number of thiophene rings is 1. The van der Waals surface area contributed by atoms with Gasteiger partial charge in [0, 0.05) is 27.7 Å². The molecule has 110 valence electrons. The summed E-state index contributed by atoms with van der Waals surface area (Å²) < 4.78 is 17.6. The Hall–Kier alpha value is -0.180. The van der Waals surface area contributed by atoms with E-state index in [0.29, 0.717) is 22.4 Å². The van der Waals surface area contributed by atoms with Gasteiger partial charge < -0.3 is 4.57 Å². The van der Waals surface area contributed by atoms with Crippen molar-refractivity contribution in [1.29, 1.82) is 0 Å². The fourth-order valence-electron chi connectivity index (χ4n) is 2.20. The van der Waals surface area contributed by atoms with Crippen LogP contribution in [0, 0.1) is 9.39 Å². The summed E-state index contributed by atoms with van der Waals surface area (Å²) in [6.07, 6.45) is 0.664. The van der Waals surface area contributed by atoms with Crippen LogP contribution in [-0.2, 0) is 13.0 Å². The van der Waals surface area contributed by atoms with Crippen molar-refractivity contribution in [2.75, 3.05) is 5.88 Å². The Morgan fingerprint density at radius 1 is 1.43 bits per heavy atom. The predicted molar refractivity (Wildman–Crippen MR) is 98.0 cm³/mol. The van der Waals surface area contributed by atoms with Gasteiger partial charge in [0.25, 0.3) is 0 Å². The molecule has 2 nitrogen and oxygen atoms in total. The first-order valence-electron chi connectivity index (χ1n) is 6.22. The zero-order valence-corrected chi connectivity index (χ0v) is 16.1. The molecule has 1 aromatic carbocycles. The van der Waals surface area contributed by atoms with E-state index in [1.54, 1.807) is 23.5 Å². The first-order chi connectivity index (χ1) is 10.1. The number of imidazole rings is 1. The number of nitrogens with zero attached hydrogens (tertiary/aromatic N) is 2. The van der Waals surface area contributed by atoms with Crippen LogP contribution in [-0.4, -0.2) is 15.4 Å². The molecule has 0 bridgehead atoms. The highest BCUT2D eigenvalue weighted by atomic mass is 127. The maximum atomic E-state index is 13.9. The summed E-state index contributed by atoms with van der Waals surface area (Å²) in [6, 6.07) is 5.36. The van der Waals surface area contributed by atoms with Crippen LogP contribution < -0.4 is 0 Å². The monoisotopic (exact) mass is 498 g/mol. The van der Waals surface area contributed by atoms with E-state index in [4.69, 9.17) is 11.6 Å². The largest absolute Gasteiger partial charge is 0.322 e. The van der Waals surface area contributed by atoms with Crippen molar-refractivity contribution in [2.24, 2.45) is 0 Å². The fraction of sp³-hybridized carbons (Fsp3) is 0.214. The van der Waals surface area contributed by atoms with Gasteiger partial charge in [-0.15, -0.1) is 22.9 Å². The van der Waals surface area contributed by atoms with Crippen LogP contribution in [0.1, 0.15) is 10.7 Å². The van der Waals surface area contributed by atoms with Crippen molar-refractivity contribution in [3.8, 4) is 0 Å². The molecule has 2 aromatic heterocycles. The van der Waals surface area contributed by atoms with E-state index in [0.717, 1.165) is 21.3 Å². The average Bonchev–Trinajstić information content (AvgIpc) is 2.98. The van der Waals surface area contributed by atoms with Crippen LogP contribution in [0.25, 0.3) is 11.0 Å². The van der Waals surface area contributed by atoms with E-state index in [-0.39, 0.29) is 5.82 Å². The number of halogens is 4. The Bertz CT molecular complexity index is 802. The first-order valence-corrected chi connectivity index (χ1v) is 9.50. The lowest BCUT2D eigenvalue weighted by Gasteiger charge is -2.08. The summed E-state index contributed by atoms with van der Waals surface area (Å²) in [7, 11) is 0. The quantitative estimate of drug-likeness (QED) is 0.346. The SMILES string of the molecule is Fc1cc2c(cc1I)nc(CCCl)n2Cc1sccc1Br. The molecule has 3 aromatic rings. The fourth-order valence-corrected chi connectivity index (χ4v) is 4.29. The highest BCUT2D eigenvalue weighted by Crippen LogP contribution is 2.28. The number of rotatable bonds is 4. The van der Waals surface area contributed by atoms with Crippen LogP contribution >= 0.6 is 61.5 Å². The lowest BCUT2D eigenvalue weighted by Crippen LogP contribution is -2.05. The molecule has 0 unspecified atom stereocenters. The minimum Gasteiger partial charge on any atom is -0.322 e. The standard InChI is InChI=1S/C14H10BrClFIN2S/c15-8-2-4-21-13(8)7-20-12-5-9(17)10(18)6-11(12)19-14(20)1-3-16/h2,4-6H,1,3,7H2. The second kappa shape index (κ2) is 6.52. The molecule has 0 saturated carbocycles. The van der Waals surface area contributed by atoms with E-state index in [2.05, 4.69) is 20.9 Å². The van der Waals surface area contributed by atoms with Crippen LogP contribution in [0.15, 0.2) is 28.1 Å². The predicted octanol–water partition coefficient (Wildman–Crippen LogP) is 5.43. The smallest absolute Gasteiger partial charge is 0.138 e. The lowest BCUT2D eigenvalue weighted by atomic mass is 10.3. The summed E-state index contributed by atoms with van der Waals surface area (Å²) in [6.45, 7) is 0.668. The molecule has 0 aliphatic heterocycles. The third-order valence-corrected chi connectivity index (χ3v) is 6.11. The third kappa shape index (κ3) is 3.13. The minimum atomic E-state index is -0.216. The molecule has 0 fully saturated rings. The van der Waals surface area contributed by atoms with Crippen molar-refractivity contribution in [3.63, 3.8) is 0 Å². The summed E-state index contributed by atoms with van der Waals surface area (Å²) in [5.41, 5.74) is 1.63. The second-order valence-electron chi connectivity index (χ2n) is 4.50. The van der Waals surface area contributed by atoms with Gasteiger partial charge >= 0.3 is 0 Å². The maximum Gasteiger partial charge on any atom is 0.138 e. The number of benzene rings is 1.